The molecular weight excluding hydrogens is 421 g/mol. The molecule has 4 aromatic heterocycles. The van der Waals surface area contributed by atoms with Crippen LogP contribution in [0.1, 0.15) is 21.7 Å². The van der Waals surface area contributed by atoms with E-state index in [1.807, 2.05) is 13.0 Å². The summed E-state index contributed by atoms with van der Waals surface area (Å²) in [6, 6.07) is 14.2. The Balaban J connectivity index is 1.51. The summed E-state index contributed by atoms with van der Waals surface area (Å²) in [6.45, 7) is 1.81. The van der Waals surface area contributed by atoms with Gasteiger partial charge in [0.25, 0.3) is 5.91 Å². The number of fused-ring (bicyclic) bond motifs is 2. The summed E-state index contributed by atoms with van der Waals surface area (Å²) < 4.78 is 42.3. The van der Waals surface area contributed by atoms with E-state index in [2.05, 4.69) is 20.4 Å². The van der Waals surface area contributed by atoms with Crippen LogP contribution in [0.25, 0.3) is 22.7 Å². The number of carbonyl (C=O) groups is 1. The lowest BCUT2D eigenvalue weighted by Gasteiger charge is -2.09. The van der Waals surface area contributed by atoms with E-state index >= 15 is 0 Å². The molecule has 0 spiro atoms. The van der Waals surface area contributed by atoms with Crippen molar-refractivity contribution in [1.29, 1.82) is 0 Å². The number of alkyl halides is 3. The van der Waals surface area contributed by atoms with Crippen molar-refractivity contribution in [1.82, 2.24) is 24.0 Å². The Morgan fingerprint density at radius 1 is 1.03 bits per heavy atom. The van der Waals surface area contributed by atoms with Crippen LogP contribution in [-0.4, -0.2) is 29.9 Å². The van der Waals surface area contributed by atoms with E-state index in [0.717, 1.165) is 16.1 Å². The number of aromatic nitrogens is 5. The van der Waals surface area contributed by atoms with Gasteiger partial charge in [0.05, 0.1) is 6.20 Å². The van der Waals surface area contributed by atoms with Crippen molar-refractivity contribution in [2.24, 2.45) is 0 Å². The topological polar surface area (TPSA) is 76.6 Å². The minimum absolute atomic E-state index is 0.0757. The van der Waals surface area contributed by atoms with Crippen molar-refractivity contribution >= 4 is 22.9 Å². The summed E-state index contributed by atoms with van der Waals surface area (Å²) in [5.41, 5.74) is 1.89. The second kappa shape index (κ2) is 7.19. The average molecular weight is 436 g/mol. The van der Waals surface area contributed by atoms with Crippen molar-refractivity contribution in [2.75, 3.05) is 5.32 Å². The number of aryl methyl sites for hydroxylation is 1. The number of pyridine rings is 2. The fraction of sp³-hybridized carbons (Fsp3) is 0.0909. The SMILES string of the molecule is Cc1ccc(-c2nc3cccc(C(F)(F)F)n3n2)cc1NC(=O)c1cnc2ccccn12. The van der Waals surface area contributed by atoms with Gasteiger partial charge < -0.3 is 5.32 Å². The number of anilines is 1. The number of hydrogen-bond acceptors (Lipinski definition) is 4. The first-order valence-corrected chi connectivity index (χ1v) is 9.59. The Morgan fingerprint density at radius 2 is 1.84 bits per heavy atom. The van der Waals surface area contributed by atoms with Gasteiger partial charge in [0.15, 0.2) is 11.5 Å². The number of amides is 1. The molecule has 1 amide bonds. The zero-order valence-electron chi connectivity index (χ0n) is 16.6. The lowest BCUT2D eigenvalue weighted by Crippen LogP contribution is -2.15. The van der Waals surface area contributed by atoms with Gasteiger partial charge in [-0.05, 0) is 42.8 Å². The molecule has 1 N–H and O–H groups in total. The van der Waals surface area contributed by atoms with E-state index in [-0.39, 0.29) is 17.4 Å². The van der Waals surface area contributed by atoms with E-state index in [1.54, 1.807) is 40.9 Å². The number of halogens is 3. The molecule has 0 aliphatic rings. The van der Waals surface area contributed by atoms with Crippen LogP contribution in [0.5, 0.6) is 0 Å². The van der Waals surface area contributed by atoms with Gasteiger partial charge in [0, 0.05) is 17.4 Å². The molecule has 4 heterocycles. The predicted octanol–water partition coefficient (Wildman–Crippen LogP) is 4.62. The number of carbonyl (C=O) groups excluding carboxylic acids is 1. The van der Waals surface area contributed by atoms with Gasteiger partial charge in [-0.1, -0.05) is 24.3 Å². The first-order valence-electron chi connectivity index (χ1n) is 9.59. The second-order valence-electron chi connectivity index (χ2n) is 7.17. The number of hydrogen-bond donors (Lipinski definition) is 1. The van der Waals surface area contributed by atoms with Crippen LogP contribution in [0.3, 0.4) is 0 Å². The number of rotatable bonds is 3. The molecule has 0 atom stereocenters. The van der Waals surface area contributed by atoms with Crippen LogP contribution in [-0.2, 0) is 6.18 Å². The standard InChI is InChI=1S/C22H15F3N6O/c1-13-8-9-14(20-28-19-7-4-5-17(22(23,24)25)31(19)29-20)11-15(13)27-21(32)16-12-26-18-6-2-3-10-30(16)18/h2-12H,1H3,(H,27,32). The van der Waals surface area contributed by atoms with Gasteiger partial charge in [-0.15, -0.1) is 5.10 Å². The van der Waals surface area contributed by atoms with Crippen LogP contribution < -0.4 is 5.32 Å². The van der Waals surface area contributed by atoms with Gasteiger partial charge in [-0.25, -0.2) is 14.5 Å². The fourth-order valence-corrected chi connectivity index (χ4v) is 3.42. The molecule has 5 rings (SSSR count). The Bertz CT molecular complexity index is 1480. The number of imidazole rings is 1. The largest absolute Gasteiger partial charge is 0.433 e. The summed E-state index contributed by atoms with van der Waals surface area (Å²) in [5, 5.41) is 6.89. The quantitative estimate of drug-likeness (QED) is 0.448. The molecule has 10 heteroatoms. The summed E-state index contributed by atoms with van der Waals surface area (Å²) in [6.07, 6.45) is -1.35. The van der Waals surface area contributed by atoms with Crippen molar-refractivity contribution in [2.45, 2.75) is 13.1 Å². The molecule has 0 bridgehead atoms. The third-order valence-electron chi connectivity index (χ3n) is 5.04. The highest BCUT2D eigenvalue weighted by Gasteiger charge is 2.34. The summed E-state index contributed by atoms with van der Waals surface area (Å²) >= 11 is 0. The lowest BCUT2D eigenvalue weighted by atomic mass is 10.1. The zero-order valence-corrected chi connectivity index (χ0v) is 16.6. The highest BCUT2D eigenvalue weighted by molar-refractivity contribution is 6.04. The highest BCUT2D eigenvalue weighted by atomic mass is 19.4. The third-order valence-corrected chi connectivity index (χ3v) is 5.04. The van der Waals surface area contributed by atoms with E-state index in [9.17, 15) is 18.0 Å². The number of nitrogens with one attached hydrogen (secondary N) is 1. The minimum Gasteiger partial charge on any atom is -0.320 e. The Labute approximate surface area is 179 Å². The third kappa shape index (κ3) is 3.35. The molecule has 0 fully saturated rings. The van der Waals surface area contributed by atoms with Crippen molar-refractivity contribution in [3.63, 3.8) is 0 Å². The maximum absolute atomic E-state index is 13.3. The Kier molecular flexibility index (Phi) is 4.43. The minimum atomic E-state index is -4.56. The number of benzene rings is 1. The second-order valence-corrected chi connectivity index (χ2v) is 7.17. The molecule has 0 unspecified atom stereocenters. The van der Waals surface area contributed by atoms with Crippen LogP contribution in [0.15, 0.2) is 67.0 Å². The molecule has 0 aliphatic heterocycles. The molecule has 0 saturated carbocycles. The lowest BCUT2D eigenvalue weighted by molar-refractivity contribution is -0.142. The summed E-state index contributed by atoms with van der Waals surface area (Å²) in [7, 11) is 0. The van der Waals surface area contributed by atoms with Gasteiger partial charge in [0.2, 0.25) is 0 Å². The first kappa shape index (κ1) is 19.7. The van der Waals surface area contributed by atoms with Crippen molar-refractivity contribution in [3.8, 4) is 11.4 Å². The maximum atomic E-state index is 13.3. The van der Waals surface area contributed by atoms with Crippen LogP contribution >= 0.6 is 0 Å². The molecule has 0 aliphatic carbocycles. The Hall–Kier alpha value is -4.21. The smallest absolute Gasteiger partial charge is 0.320 e. The molecule has 32 heavy (non-hydrogen) atoms. The van der Waals surface area contributed by atoms with Crippen LogP contribution in [0, 0.1) is 6.92 Å². The molecule has 160 valence electrons. The molecule has 0 saturated heterocycles. The Morgan fingerprint density at radius 3 is 2.66 bits per heavy atom. The molecular formula is C22H15F3N6O. The summed E-state index contributed by atoms with van der Waals surface area (Å²) in [5.74, 6) is -0.252. The molecule has 1 aromatic carbocycles. The van der Waals surface area contributed by atoms with Gasteiger partial charge in [0.1, 0.15) is 17.0 Å². The zero-order chi connectivity index (χ0) is 22.5. The van der Waals surface area contributed by atoms with Crippen LogP contribution in [0.2, 0.25) is 0 Å². The van der Waals surface area contributed by atoms with E-state index < -0.39 is 11.9 Å². The van der Waals surface area contributed by atoms with Crippen molar-refractivity contribution < 1.29 is 18.0 Å². The van der Waals surface area contributed by atoms with Crippen molar-refractivity contribution in [3.05, 3.63) is 83.9 Å². The van der Waals surface area contributed by atoms with E-state index in [0.29, 0.717) is 22.6 Å². The monoisotopic (exact) mass is 436 g/mol. The normalized spacial score (nSPS) is 11.9. The average Bonchev–Trinajstić information content (AvgIpc) is 3.38. The predicted molar refractivity (Wildman–Crippen MR) is 111 cm³/mol. The number of nitrogens with zero attached hydrogens (tertiary/aromatic N) is 5. The van der Waals surface area contributed by atoms with Gasteiger partial charge >= 0.3 is 6.18 Å². The fourth-order valence-electron chi connectivity index (χ4n) is 3.42. The van der Waals surface area contributed by atoms with E-state index in [1.165, 1.54) is 18.3 Å². The van der Waals surface area contributed by atoms with E-state index in [4.69, 9.17) is 0 Å². The van der Waals surface area contributed by atoms with Gasteiger partial charge in [-0.2, -0.15) is 13.2 Å². The summed E-state index contributed by atoms with van der Waals surface area (Å²) in [4.78, 5) is 21.3. The first-order chi connectivity index (χ1) is 15.3. The van der Waals surface area contributed by atoms with Gasteiger partial charge in [-0.3, -0.25) is 9.20 Å². The van der Waals surface area contributed by atoms with Crippen LogP contribution in [0.4, 0.5) is 18.9 Å². The maximum Gasteiger partial charge on any atom is 0.433 e. The molecule has 0 radical (unpaired) electrons. The highest BCUT2D eigenvalue weighted by Crippen LogP contribution is 2.30. The molecule has 7 nitrogen and oxygen atoms in total. The molecule has 5 aromatic rings.